The number of sulfonamides is 1. The molecule has 0 aliphatic rings. The fourth-order valence-electron chi connectivity index (χ4n) is 1.72. The topological polar surface area (TPSA) is 106 Å². The number of aliphatic hydroxyl groups is 1. The Hall–Kier alpha value is -1.74. The molecule has 0 unspecified atom stereocenters. The van der Waals surface area contributed by atoms with E-state index in [2.05, 4.69) is 4.72 Å². The molecule has 1 aromatic heterocycles. The summed E-state index contributed by atoms with van der Waals surface area (Å²) in [6.45, 7) is 0.325. The molecule has 0 fully saturated rings. The van der Waals surface area contributed by atoms with E-state index in [1.807, 2.05) is 0 Å². The van der Waals surface area contributed by atoms with E-state index in [1.165, 1.54) is 30.3 Å². The molecule has 0 amide bonds. The lowest BCUT2D eigenvalue weighted by Crippen LogP contribution is -2.27. The van der Waals surface area contributed by atoms with E-state index in [4.69, 9.17) is 14.3 Å². The van der Waals surface area contributed by atoms with Gasteiger partial charge < -0.3 is 14.3 Å². The molecule has 21 heavy (non-hydrogen) atoms. The molecule has 0 radical (unpaired) electrons. The van der Waals surface area contributed by atoms with Gasteiger partial charge in [-0.25, -0.2) is 17.9 Å². The van der Waals surface area contributed by atoms with Crippen molar-refractivity contribution in [1.29, 1.82) is 0 Å². The summed E-state index contributed by atoms with van der Waals surface area (Å²) in [5.74, 6) is 0. The first-order valence-electron chi connectivity index (χ1n) is 6.25. The Morgan fingerprint density at radius 3 is 2.76 bits per heavy atom. The van der Waals surface area contributed by atoms with Crippen LogP contribution in [0, 0.1) is 0 Å². The van der Waals surface area contributed by atoms with Gasteiger partial charge in [0.15, 0.2) is 0 Å². The summed E-state index contributed by atoms with van der Waals surface area (Å²) in [5, 5.41) is 9.05. The molecule has 1 heterocycles. The van der Waals surface area contributed by atoms with Crippen molar-refractivity contribution in [3.05, 3.63) is 40.8 Å². The molecular formula is C13H15NO6S. The second-order valence-electron chi connectivity index (χ2n) is 4.19. The van der Waals surface area contributed by atoms with Crippen molar-refractivity contribution in [3.63, 3.8) is 0 Å². The smallest absolute Gasteiger partial charge is 0.336 e. The van der Waals surface area contributed by atoms with Gasteiger partial charge in [-0.3, -0.25) is 0 Å². The summed E-state index contributed by atoms with van der Waals surface area (Å²) < 4.78 is 36.4. The largest absolute Gasteiger partial charge is 0.423 e. The minimum Gasteiger partial charge on any atom is -0.423 e. The summed E-state index contributed by atoms with van der Waals surface area (Å²) in [6, 6.07) is 6.96. The monoisotopic (exact) mass is 313 g/mol. The van der Waals surface area contributed by atoms with Gasteiger partial charge in [0, 0.05) is 18.0 Å². The highest BCUT2D eigenvalue weighted by Crippen LogP contribution is 2.17. The molecule has 0 saturated carbocycles. The van der Waals surface area contributed by atoms with Crippen LogP contribution in [0.25, 0.3) is 11.0 Å². The molecule has 0 saturated heterocycles. The zero-order valence-electron chi connectivity index (χ0n) is 11.1. The van der Waals surface area contributed by atoms with Gasteiger partial charge >= 0.3 is 5.63 Å². The molecule has 2 rings (SSSR count). The molecule has 0 spiro atoms. The zero-order valence-corrected chi connectivity index (χ0v) is 11.9. The molecule has 7 nitrogen and oxygen atoms in total. The van der Waals surface area contributed by atoms with Crippen molar-refractivity contribution < 1.29 is 22.7 Å². The number of hydrogen-bond acceptors (Lipinski definition) is 6. The normalized spacial score (nSPS) is 11.9. The first-order valence-corrected chi connectivity index (χ1v) is 7.73. The van der Waals surface area contributed by atoms with Crippen molar-refractivity contribution in [2.75, 3.05) is 26.4 Å². The number of benzene rings is 1. The van der Waals surface area contributed by atoms with E-state index >= 15 is 0 Å². The summed E-state index contributed by atoms with van der Waals surface area (Å²) in [4.78, 5) is 11.1. The van der Waals surface area contributed by atoms with E-state index in [9.17, 15) is 13.2 Å². The minimum atomic E-state index is -3.66. The molecule has 2 N–H and O–H groups in total. The van der Waals surface area contributed by atoms with Gasteiger partial charge in [0.2, 0.25) is 10.0 Å². The standard InChI is InChI=1S/C13H15NO6S/c15-6-8-19-7-5-14-21(17,18)11-2-3-12-10(9-11)1-4-13(16)20-12/h1-4,9,14-15H,5-8H2. The van der Waals surface area contributed by atoms with Crippen LogP contribution < -0.4 is 10.3 Å². The van der Waals surface area contributed by atoms with Crippen molar-refractivity contribution in [3.8, 4) is 0 Å². The number of ether oxygens (including phenoxy) is 1. The summed E-state index contributed by atoms with van der Waals surface area (Å²) in [5.41, 5.74) is -0.162. The van der Waals surface area contributed by atoms with Crippen LogP contribution in [0.2, 0.25) is 0 Å². The Bertz CT molecular complexity index is 768. The van der Waals surface area contributed by atoms with E-state index in [0.717, 1.165) is 0 Å². The van der Waals surface area contributed by atoms with Crippen LogP contribution in [0.3, 0.4) is 0 Å². The summed E-state index contributed by atoms with van der Waals surface area (Å²) >= 11 is 0. The molecule has 2 aromatic rings. The second-order valence-corrected chi connectivity index (χ2v) is 5.95. The average molecular weight is 313 g/mol. The van der Waals surface area contributed by atoms with Crippen LogP contribution in [0.4, 0.5) is 0 Å². The van der Waals surface area contributed by atoms with Gasteiger partial charge in [-0.05, 0) is 24.3 Å². The molecular weight excluding hydrogens is 298 g/mol. The van der Waals surface area contributed by atoms with Gasteiger partial charge in [-0.15, -0.1) is 0 Å². The highest BCUT2D eigenvalue weighted by atomic mass is 32.2. The van der Waals surface area contributed by atoms with Crippen LogP contribution in [-0.2, 0) is 14.8 Å². The molecule has 0 aliphatic carbocycles. The highest BCUT2D eigenvalue weighted by Gasteiger charge is 2.14. The van der Waals surface area contributed by atoms with Crippen molar-refractivity contribution in [1.82, 2.24) is 4.72 Å². The summed E-state index contributed by atoms with van der Waals surface area (Å²) in [6.07, 6.45) is 0. The molecule has 0 aliphatic heterocycles. The lowest BCUT2D eigenvalue weighted by atomic mass is 10.2. The zero-order chi connectivity index (χ0) is 15.3. The third-order valence-corrected chi connectivity index (χ3v) is 4.13. The van der Waals surface area contributed by atoms with E-state index < -0.39 is 15.6 Å². The molecule has 0 atom stereocenters. The van der Waals surface area contributed by atoms with Gasteiger partial charge in [-0.1, -0.05) is 0 Å². The minimum absolute atomic E-state index is 0.0750. The fourth-order valence-corrected chi connectivity index (χ4v) is 2.76. The van der Waals surface area contributed by atoms with Gasteiger partial charge in [0.1, 0.15) is 5.58 Å². The van der Waals surface area contributed by atoms with Crippen LogP contribution >= 0.6 is 0 Å². The van der Waals surface area contributed by atoms with Crippen molar-refractivity contribution in [2.24, 2.45) is 0 Å². The van der Waals surface area contributed by atoms with E-state index in [-0.39, 0.29) is 31.3 Å². The maximum atomic E-state index is 12.1. The van der Waals surface area contributed by atoms with E-state index in [1.54, 1.807) is 0 Å². The SMILES string of the molecule is O=c1ccc2cc(S(=O)(=O)NCCOCCO)ccc2o1. The Labute approximate surface area is 121 Å². The Kier molecular flexibility index (Phi) is 5.07. The number of hydrogen-bond donors (Lipinski definition) is 2. The fraction of sp³-hybridized carbons (Fsp3) is 0.308. The highest BCUT2D eigenvalue weighted by molar-refractivity contribution is 7.89. The number of rotatable bonds is 7. The first-order chi connectivity index (χ1) is 10.0. The first kappa shape index (κ1) is 15.6. The van der Waals surface area contributed by atoms with Gasteiger partial charge in [0.05, 0.1) is 24.7 Å². The van der Waals surface area contributed by atoms with E-state index in [0.29, 0.717) is 11.0 Å². The Balaban J connectivity index is 2.12. The third kappa shape index (κ3) is 4.11. The Morgan fingerprint density at radius 1 is 1.19 bits per heavy atom. The van der Waals surface area contributed by atoms with Crippen molar-refractivity contribution >= 4 is 21.0 Å². The van der Waals surface area contributed by atoms with Crippen LogP contribution in [-0.4, -0.2) is 39.9 Å². The van der Waals surface area contributed by atoms with Crippen LogP contribution in [0.15, 0.2) is 44.4 Å². The molecule has 114 valence electrons. The summed E-state index contributed by atoms with van der Waals surface area (Å²) in [7, 11) is -3.66. The van der Waals surface area contributed by atoms with Gasteiger partial charge in [0.25, 0.3) is 0 Å². The average Bonchev–Trinajstić information content (AvgIpc) is 2.46. The maximum Gasteiger partial charge on any atom is 0.336 e. The second kappa shape index (κ2) is 6.81. The lowest BCUT2D eigenvalue weighted by molar-refractivity contribution is 0.0961. The number of aliphatic hydroxyl groups excluding tert-OH is 1. The predicted octanol–water partition coefficient (Wildman–Crippen LogP) is 0.0802. The molecule has 0 bridgehead atoms. The van der Waals surface area contributed by atoms with Crippen molar-refractivity contribution in [2.45, 2.75) is 4.90 Å². The van der Waals surface area contributed by atoms with Crippen LogP contribution in [0.5, 0.6) is 0 Å². The molecule has 8 heteroatoms. The Morgan fingerprint density at radius 2 is 2.00 bits per heavy atom. The predicted molar refractivity (Wildman–Crippen MR) is 75.6 cm³/mol. The third-order valence-electron chi connectivity index (χ3n) is 2.68. The lowest BCUT2D eigenvalue weighted by Gasteiger charge is -2.07. The number of nitrogens with one attached hydrogen (secondary N) is 1. The van der Waals surface area contributed by atoms with Gasteiger partial charge in [-0.2, -0.15) is 0 Å². The quantitative estimate of drug-likeness (QED) is 0.554. The number of fused-ring (bicyclic) bond motifs is 1. The molecule has 1 aromatic carbocycles. The maximum absolute atomic E-state index is 12.1. The van der Waals surface area contributed by atoms with Crippen LogP contribution in [0.1, 0.15) is 0 Å².